The topological polar surface area (TPSA) is 76.4 Å². The molecule has 1 fully saturated rings. The fourth-order valence-electron chi connectivity index (χ4n) is 2.08. The van der Waals surface area contributed by atoms with Crippen molar-refractivity contribution in [2.24, 2.45) is 0 Å². The Morgan fingerprint density at radius 2 is 2.44 bits per heavy atom. The molecule has 0 radical (unpaired) electrons. The summed E-state index contributed by atoms with van der Waals surface area (Å²) < 4.78 is 4.97. The van der Waals surface area contributed by atoms with E-state index in [0.717, 1.165) is 25.1 Å². The molecule has 0 spiro atoms. The highest BCUT2D eigenvalue weighted by Gasteiger charge is 2.17. The molecular weight excluding hydrogens is 234 g/mol. The van der Waals surface area contributed by atoms with Crippen molar-refractivity contribution in [2.45, 2.75) is 19.0 Å². The van der Waals surface area contributed by atoms with E-state index in [2.05, 4.69) is 10.6 Å². The number of methoxy groups -OCH3 is 1. The number of hydrogen-bond donors (Lipinski definition) is 2. The number of nitrogens with one attached hydrogen (secondary N) is 2. The van der Waals surface area contributed by atoms with Crippen LogP contribution < -0.4 is 15.4 Å². The van der Waals surface area contributed by atoms with E-state index < -0.39 is 4.92 Å². The fraction of sp³-hybridized carbons (Fsp3) is 0.500. The summed E-state index contributed by atoms with van der Waals surface area (Å²) in [4.78, 5) is 10.5. The summed E-state index contributed by atoms with van der Waals surface area (Å²) in [6.07, 6.45) is 1.10. The van der Waals surface area contributed by atoms with E-state index in [4.69, 9.17) is 4.74 Å². The standard InChI is InChI=1S/C12H17N3O3/c1-18-12-3-2-9(6-11(12)15(16)17)7-14-10-4-5-13-8-10/h2-3,6,10,13-14H,4-5,7-8H2,1H3. The molecule has 1 aromatic rings. The largest absolute Gasteiger partial charge is 0.490 e. The number of nitrogens with zero attached hydrogens (tertiary/aromatic N) is 1. The zero-order valence-corrected chi connectivity index (χ0v) is 10.3. The minimum Gasteiger partial charge on any atom is -0.490 e. The van der Waals surface area contributed by atoms with Crippen molar-refractivity contribution >= 4 is 5.69 Å². The van der Waals surface area contributed by atoms with Gasteiger partial charge < -0.3 is 15.4 Å². The second-order valence-electron chi connectivity index (χ2n) is 4.33. The molecule has 1 heterocycles. The minimum absolute atomic E-state index is 0.0151. The fourth-order valence-corrected chi connectivity index (χ4v) is 2.08. The summed E-state index contributed by atoms with van der Waals surface area (Å²) in [6, 6.07) is 5.50. The van der Waals surface area contributed by atoms with Crippen LogP contribution >= 0.6 is 0 Å². The van der Waals surface area contributed by atoms with Crippen LogP contribution in [0.4, 0.5) is 5.69 Å². The molecule has 2 rings (SSSR count). The Balaban J connectivity index is 2.04. The summed E-state index contributed by atoms with van der Waals surface area (Å²) >= 11 is 0. The van der Waals surface area contributed by atoms with Crippen LogP contribution in [0.25, 0.3) is 0 Å². The summed E-state index contributed by atoms with van der Waals surface area (Å²) in [5.74, 6) is 0.297. The molecule has 18 heavy (non-hydrogen) atoms. The number of hydrogen-bond acceptors (Lipinski definition) is 5. The smallest absolute Gasteiger partial charge is 0.311 e. The lowest BCUT2D eigenvalue weighted by Crippen LogP contribution is -2.30. The SMILES string of the molecule is COc1ccc(CNC2CCNC2)cc1[N+](=O)[O-]. The molecule has 0 saturated carbocycles. The van der Waals surface area contributed by atoms with E-state index in [9.17, 15) is 10.1 Å². The predicted molar refractivity (Wildman–Crippen MR) is 67.8 cm³/mol. The van der Waals surface area contributed by atoms with Crippen molar-refractivity contribution in [1.82, 2.24) is 10.6 Å². The Labute approximate surface area is 105 Å². The number of rotatable bonds is 5. The van der Waals surface area contributed by atoms with Gasteiger partial charge in [-0.3, -0.25) is 10.1 Å². The van der Waals surface area contributed by atoms with Gasteiger partial charge in [0.05, 0.1) is 12.0 Å². The molecule has 2 N–H and O–H groups in total. The lowest BCUT2D eigenvalue weighted by atomic mass is 10.1. The molecular formula is C12H17N3O3. The lowest BCUT2D eigenvalue weighted by Gasteiger charge is -2.11. The van der Waals surface area contributed by atoms with Crippen molar-refractivity contribution < 1.29 is 9.66 Å². The number of nitro groups is 1. The highest BCUT2D eigenvalue weighted by Crippen LogP contribution is 2.27. The van der Waals surface area contributed by atoms with Crippen molar-refractivity contribution in [2.75, 3.05) is 20.2 Å². The van der Waals surface area contributed by atoms with Gasteiger partial charge in [0, 0.05) is 25.2 Å². The average Bonchev–Trinajstić information content (AvgIpc) is 2.89. The second kappa shape index (κ2) is 5.79. The minimum atomic E-state index is -0.417. The van der Waals surface area contributed by atoms with E-state index in [1.165, 1.54) is 7.11 Å². The Kier molecular flexibility index (Phi) is 4.11. The van der Waals surface area contributed by atoms with Crippen LogP contribution in [0.15, 0.2) is 18.2 Å². The van der Waals surface area contributed by atoms with Gasteiger partial charge in [0.1, 0.15) is 0 Å². The highest BCUT2D eigenvalue weighted by molar-refractivity contribution is 5.48. The zero-order chi connectivity index (χ0) is 13.0. The van der Waals surface area contributed by atoms with Gasteiger partial charge in [-0.1, -0.05) is 6.07 Å². The molecule has 0 aromatic heterocycles. The molecule has 0 bridgehead atoms. The maximum Gasteiger partial charge on any atom is 0.311 e. The highest BCUT2D eigenvalue weighted by atomic mass is 16.6. The van der Waals surface area contributed by atoms with Gasteiger partial charge in [-0.2, -0.15) is 0 Å². The summed E-state index contributed by atoms with van der Waals surface area (Å²) in [5.41, 5.74) is 0.913. The maximum atomic E-state index is 10.9. The van der Waals surface area contributed by atoms with Crippen molar-refractivity contribution in [3.05, 3.63) is 33.9 Å². The monoisotopic (exact) mass is 251 g/mol. The first-order chi connectivity index (χ1) is 8.70. The van der Waals surface area contributed by atoms with Gasteiger partial charge in [0.15, 0.2) is 5.75 Å². The van der Waals surface area contributed by atoms with Crippen LogP contribution in [0.2, 0.25) is 0 Å². The Hall–Kier alpha value is -1.66. The number of nitro benzene ring substituents is 1. The molecule has 6 nitrogen and oxygen atoms in total. The third-order valence-electron chi connectivity index (χ3n) is 3.10. The average molecular weight is 251 g/mol. The molecule has 0 amide bonds. The van der Waals surface area contributed by atoms with Gasteiger partial charge in [-0.15, -0.1) is 0 Å². The number of ether oxygens (including phenoxy) is 1. The summed E-state index contributed by atoms with van der Waals surface area (Å²) in [6.45, 7) is 2.62. The first kappa shape index (κ1) is 12.8. The molecule has 1 unspecified atom stereocenters. The lowest BCUT2D eigenvalue weighted by molar-refractivity contribution is -0.385. The molecule has 1 aliphatic rings. The van der Waals surface area contributed by atoms with Crippen molar-refractivity contribution in [1.29, 1.82) is 0 Å². The summed E-state index contributed by atoms with van der Waals surface area (Å²) in [5, 5.41) is 17.5. The molecule has 6 heteroatoms. The normalized spacial score (nSPS) is 18.8. The van der Waals surface area contributed by atoms with Gasteiger partial charge in [-0.05, 0) is 24.6 Å². The van der Waals surface area contributed by atoms with E-state index in [0.29, 0.717) is 18.3 Å². The molecule has 98 valence electrons. The Morgan fingerprint density at radius 3 is 3.06 bits per heavy atom. The Morgan fingerprint density at radius 1 is 1.61 bits per heavy atom. The Bertz CT molecular complexity index is 431. The maximum absolute atomic E-state index is 10.9. The van der Waals surface area contributed by atoms with Gasteiger partial charge in [0.2, 0.25) is 0 Å². The molecule has 0 aliphatic carbocycles. The quantitative estimate of drug-likeness (QED) is 0.604. The molecule has 1 aliphatic heterocycles. The zero-order valence-electron chi connectivity index (χ0n) is 10.3. The third-order valence-corrected chi connectivity index (χ3v) is 3.10. The van der Waals surface area contributed by atoms with E-state index in [1.54, 1.807) is 12.1 Å². The van der Waals surface area contributed by atoms with Crippen LogP contribution in [0.1, 0.15) is 12.0 Å². The molecule has 1 atom stereocenters. The van der Waals surface area contributed by atoms with Crippen LogP contribution in [0.5, 0.6) is 5.75 Å². The van der Waals surface area contributed by atoms with Gasteiger partial charge in [0.25, 0.3) is 0 Å². The molecule has 1 aromatic carbocycles. The number of benzene rings is 1. The van der Waals surface area contributed by atoms with E-state index in [1.807, 2.05) is 6.07 Å². The van der Waals surface area contributed by atoms with Crippen molar-refractivity contribution in [3.8, 4) is 5.75 Å². The van der Waals surface area contributed by atoms with Crippen LogP contribution in [-0.4, -0.2) is 31.2 Å². The summed E-state index contributed by atoms with van der Waals surface area (Å²) in [7, 11) is 1.43. The first-order valence-corrected chi connectivity index (χ1v) is 5.96. The predicted octanol–water partition coefficient (Wildman–Crippen LogP) is 1.05. The van der Waals surface area contributed by atoms with Crippen LogP contribution in [0.3, 0.4) is 0 Å². The van der Waals surface area contributed by atoms with Crippen molar-refractivity contribution in [3.63, 3.8) is 0 Å². The third kappa shape index (κ3) is 2.96. The molecule has 1 saturated heterocycles. The van der Waals surface area contributed by atoms with Crippen LogP contribution in [0, 0.1) is 10.1 Å². The second-order valence-corrected chi connectivity index (χ2v) is 4.33. The van der Waals surface area contributed by atoms with E-state index >= 15 is 0 Å². The van der Waals surface area contributed by atoms with Gasteiger partial charge >= 0.3 is 5.69 Å². The van der Waals surface area contributed by atoms with Crippen LogP contribution in [-0.2, 0) is 6.54 Å². The van der Waals surface area contributed by atoms with E-state index in [-0.39, 0.29) is 5.69 Å². The first-order valence-electron chi connectivity index (χ1n) is 5.96. The van der Waals surface area contributed by atoms with Gasteiger partial charge in [-0.25, -0.2) is 0 Å².